The number of ether oxygens (including phenoxy) is 2. The second kappa shape index (κ2) is 14.0. The maximum absolute atomic E-state index is 5.65. The number of fused-ring (bicyclic) bond motifs is 1. The van der Waals surface area contributed by atoms with Crippen LogP contribution in [-0.2, 0) is 0 Å². The number of hydrogen-bond acceptors (Lipinski definition) is 3. The van der Waals surface area contributed by atoms with E-state index < -0.39 is 0 Å². The highest BCUT2D eigenvalue weighted by molar-refractivity contribution is 5.95. The number of rotatable bonds is 4. The van der Waals surface area contributed by atoms with Crippen LogP contribution in [0.3, 0.4) is 0 Å². The molecule has 180 valence electrons. The molecule has 1 heterocycles. The fraction of sp³-hybridized carbons (Fsp3) is 0. The second-order valence-electron chi connectivity index (χ2n) is 7.57. The lowest BCUT2D eigenvalue weighted by Gasteiger charge is -2.10. The van der Waals surface area contributed by atoms with Gasteiger partial charge in [-0.1, -0.05) is 48.5 Å². The van der Waals surface area contributed by atoms with Crippen molar-refractivity contribution in [2.24, 2.45) is 0 Å². The van der Waals surface area contributed by atoms with Crippen molar-refractivity contribution in [1.29, 1.82) is 0 Å². The maximum Gasteiger partial charge on any atom is 0.184 e. The van der Waals surface area contributed by atoms with Crippen molar-refractivity contribution in [2.45, 2.75) is 0 Å². The largest absolute Gasteiger partial charge is 0.403 e. The zero-order valence-corrected chi connectivity index (χ0v) is 20.9. The van der Waals surface area contributed by atoms with E-state index in [-0.39, 0.29) is 0 Å². The maximum atomic E-state index is 5.65. The topological polar surface area (TPSA) is 31.4 Å². The van der Waals surface area contributed by atoms with E-state index in [1.165, 1.54) is 0 Å². The summed E-state index contributed by atoms with van der Waals surface area (Å²) in [5.41, 5.74) is 3.70. The van der Waals surface area contributed by atoms with Gasteiger partial charge in [-0.05, 0) is 76.3 Å². The van der Waals surface area contributed by atoms with Gasteiger partial charge in [-0.25, -0.2) is 0 Å². The van der Waals surface area contributed by atoms with E-state index in [9.17, 15) is 0 Å². The molecule has 40 heavy (non-hydrogen) atoms. The van der Waals surface area contributed by atoms with Gasteiger partial charge in [0, 0.05) is 52.7 Å². The van der Waals surface area contributed by atoms with Gasteiger partial charge in [0.1, 0.15) is 12.2 Å². The summed E-state index contributed by atoms with van der Waals surface area (Å²) in [5, 5.41) is 2.20. The second-order valence-corrected chi connectivity index (χ2v) is 7.57. The van der Waals surface area contributed by atoms with Crippen LogP contribution in [0.25, 0.3) is 33.2 Å². The fourth-order valence-electron chi connectivity index (χ4n) is 3.52. The molecule has 0 N–H and O–H groups in total. The molecule has 0 spiro atoms. The van der Waals surface area contributed by atoms with Crippen LogP contribution < -0.4 is 9.47 Å². The van der Waals surface area contributed by atoms with Gasteiger partial charge in [0.15, 0.2) is 11.5 Å². The highest BCUT2D eigenvalue weighted by Crippen LogP contribution is 2.35. The summed E-state index contributed by atoms with van der Waals surface area (Å²) < 4.78 is 11.2. The third kappa shape index (κ3) is 7.10. The van der Waals surface area contributed by atoms with Gasteiger partial charge in [0.25, 0.3) is 0 Å². The van der Waals surface area contributed by atoms with E-state index in [0.717, 1.165) is 33.2 Å². The number of aromatic nitrogens is 1. The van der Waals surface area contributed by atoms with Crippen LogP contribution in [-0.4, -0.2) is 4.98 Å². The lowest BCUT2D eigenvalue weighted by molar-refractivity contribution is 0.452. The molecule has 1 aromatic heterocycles. The van der Waals surface area contributed by atoms with Crippen molar-refractivity contribution >= 4 is 10.8 Å². The fourth-order valence-corrected chi connectivity index (χ4v) is 3.52. The molecule has 4 aromatic rings. The Morgan fingerprint density at radius 3 is 1.90 bits per heavy atom. The number of hydrogen-bond donors (Lipinski definition) is 0. The third-order valence-electron chi connectivity index (χ3n) is 5.16. The first-order valence-corrected chi connectivity index (χ1v) is 11.6. The van der Waals surface area contributed by atoms with Crippen LogP contribution in [0.5, 0.6) is 11.5 Å². The Hall–Kier alpha value is -6.85. The van der Waals surface area contributed by atoms with Gasteiger partial charge in [-0.15, -0.1) is 12.8 Å². The number of pyridine rings is 1. The van der Waals surface area contributed by atoms with Crippen LogP contribution in [0.15, 0.2) is 79.0 Å². The summed E-state index contributed by atoms with van der Waals surface area (Å²) in [5.74, 6) is 29.9. The highest BCUT2D eigenvalue weighted by Gasteiger charge is 2.10. The predicted octanol–water partition coefficient (Wildman–Crippen LogP) is 5.53. The van der Waals surface area contributed by atoms with Crippen molar-refractivity contribution in [2.75, 3.05) is 0 Å². The summed E-state index contributed by atoms with van der Waals surface area (Å²) in [6.45, 7) is 0. The molecule has 0 saturated carbocycles. The minimum Gasteiger partial charge on any atom is -0.403 e. The van der Waals surface area contributed by atoms with Gasteiger partial charge >= 0.3 is 0 Å². The van der Waals surface area contributed by atoms with Crippen molar-refractivity contribution in [3.63, 3.8) is 0 Å². The minimum atomic E-state index is 0.338. The summed E-state index contributed by atoms with van der Waals surface area (Å²) in [6, 6.07) is 23.7. The van der Waals surface area contributed by atoms with E-state index in [0.29, 0.717) is 11.5 Å². The van der Waals surface area contributed by atoms with Crippen LogP contribution >= 0.6 is 0 Å². The lowest BCUT2D eigenvalue weighted by atomic mass is 9.99. The van der Waals surface area contributed by atoms with Gasteiger partial charge < -0.3 is 9.47 Å². The SMILES string of the molecule is C#CC#CC#CC#COc1ccc(-c2cccc(-c3nccc4ccccc34)c2)cc1OC#CC#CC#CC#C. The molecule has 0 unspecified atom stereocenters. The van der Waals surface area contributed by atoms with Crippen LogP contribution in [0.1, 0.15) is 0 Å². The number of benzene rings is 3. The van der Waals surface area contributed by atoms with E-state index in [1.807, 2.05) is 48.7 Å². The van der Waals surface area contributed by atoms with E-state index in [4.69, 9.17) is 22.3 Å². The molecule has 0 radical (unpaired) electrons. The molecule has 0 saturated heterocycles. The van der Waals surface area contributed by atoms with Crippen LogP contribution in [0, 0.1) is 96.1 Å². The molecule has 0 aliphatic carbocycles. The van der Waals surface area contributed by atoms with E-state index >= 15 is 0 Å². The van der Waals surface area contributed by atoms with Crippen molar-refractivity contribution < 1.29 is 9.47 Å². The molecule has 4 rings (SSSR count). The average Bonchev–Trinajstić information content (AvgIpc) is 3.00. The van der Waals surface area contributed by atoms with Gasteiger partial charge in [-0.3, -0.25) is 4.98 Å². The molecule has 3 aromatic carbocycles. The Kier molecular flexibility index (Phi) is 9.20. The van der Waals surface area contributed by atoms with Gasteiger partial charge in [0.05, 0.1) is 5.69 Å². The molecular weight excluding hydrogens is 490 g/mol. The Balaban J connectivity index is 1.68. The van der Waals surface area contributed by atoms with Crippen molar-refractivity contribution in [3.05, 3.63) is 79.0 Å². The van der Waals surface area contributed by atoms with Gasteiger partial charge in [0.2, 0.25) is 0 Å². The minimum absolute atomic E-state index is 0.338. The van der Waals surface area contributed by atoms with E-state index in [1.54, 1.807) is 12.1 Å². The number of terminal acetylenes is 2. The molecule has 0 bridgehead atoms. The van der Waals surface area contributed by atoms with Crippen molar-refractivity contribution in [3.8, 4) is 130 Å². The standard InChI is InChI=1S/C37H15NO2/c1-3-5-7-9-11-15-26-39-35-23-22-32(29-36(35)40-27-16-12-10-8-6-4-2)31-19-17-20-33(28-31)37-34-21-14-13-18-30(34)24-25-38-37/h1-2,13-14,17-25,28-29H. The molecule has 3 heteroatoms. The van der Waals surface area contributed by atoms with E-state index in [2.05, 4.69) is 106 Å². The first-order chi connectivity index (χ1) is 19.8. The summed E-state index contributed by atoms with van der Waals surface area (Å²) >= 11 is 0. The monoisotopic (exact) mass is 505 g/mol. The quantitative estimate of drug-likeness (QED) is 0.342. The van der Waals surface area contributed by atoms with Crippen LogP contribution in [0.2, 0.25) is 0 Å². The normalized spacial score (nSPS) is 8.25. The summed E-state index contributed by atoms with van der Waals surface area (Å²) in [6.07, 6.45) is 17.0. The Bertz CT molecular complexity index is 2060. The molecule has 0 aliphatic heterocycles. The molecule has 3 nitrogen and oxygen atoms in total. The smallest absolute Gasteiger partial charge is 0.184 e. The molecular formula is C37H15NO2. The zero-order chi connectivity index (χ0) is 27.8. The Morgan fingerprint density at radius 1 is 0.525 bits per heavy atom. The first-order valence-electron chi connectivity index (χ1n) is 11.6. The predicted molar refractivity (Wildman–Crippen MR) is 158 cm³/mol. The highest BCUT2D eigenvalue weighted by atomic mass is 16.5. The van der Waals surface area contributed by atoms with Gasteiger partial charge in [-0.2, -0.15) is 0 Å². The first kappa shape index (κ1) is 26.2. The Labute approximate surface area is 234 Å². The molecule has 0 fully saturated rings. The third-order valence-corrected chi connectivity index (χ3v) is 5.16. The molecule has 0 amide bonds. The number of nitrogens with zero attached hydrogens (tertiary/aromatic N) is 1. The average molecular weight is 506 g/mol. The lowest BCUT2D eigenvalue weighted by Crippen LogP contribution is -1.91. The molecule has 0 atom stereocenters. The van der Waals surface area contributed by atoms with Crippen molar-refractivity contribution in [1.82, 2.24) is 4.98 Å². The zero-order valence-electron chi connectivity index (χ0n) is 20.9. The summed E-state index contributed by atoms with van der Waals surface area (Å²) in [7, 11) is 0. The Morgan fingerprint density at radius 2 is 1.15 bits per heavy atom. The summed E-state index contributed by atoms with van der Waals surface area (Å²) in [4.78, 5) is 4.64. The molecule has 0 aliphatic rings. The van der Waals surface area contributed by atoms with Crippen LogP contribution in [0.4, 0.5) is 0 Å².